The van der Waals surface area contributed by atoms with Gasteiger partial charge in [0.1, 0.15) is 23.2 Å². The van der Waals surface area contributed by atoms with E-state index in [1.165, 1.54) is 49.5 Å². The van der Waals surface area contributed by atoms with Crippen molar-refractivity contribution in [2.75, 3.05) is 13.2 Å². The van der Waals surface area contributed by atoms with Crippen LogP contribution < -0.4 is 4.74 Å². The van der Waals surface area contributed by atoms with Crippen LogP contribution in [0.15, 0.2) is 12.1 Å². The van der Waals surface area contributed by atoms with Crippen LogP contribution in [-0.4, -0.2) is 41.6 Å². The van der Waals surface area contributed by atoms with Gasteiger partial charge in [-0.3, -0.25) is 4.79 Å². The second-order valence-corrected chi connectivity index (χ2v) is 13.5. The fraction of sp³-hybridized carbons (Fsp3) is 0.733. The SMILES string of the molecule is CC(C)(C)OC(=O)C1CCCN1C(=O)c1cc(C2CC2)c(OCC23CC4CC(CC(C4)C2)C3)cc1F. The highest BCUT2D eigenvalue weighted by Crippen LogP contribution is 2.60. The average Bonchev–Trinajstić information content (AvgIpc) is 3.50. The molecule has 0 spiro atoms. The zero-order valence-corrected chi connectivity index (χ0v) is 22.0. The molecule has 5 saturated carbocycles. The van der Waals surface area contributed by atoms with E-state index in [4.69, 9.17) is 9.47 Å². The quantitative estimate of drug-likeness (QED) is 0.436. The van der Waals surface area contributed by atoms with Gasteiger partial charge < -0.3 is 14.4 Å². The van der Waals surface area contributed by atoms with E-state index in [2.05, 4.69) is 0 Å². The molecule has 0 aromatic heterocycles. The number of ether oxygens (including phenoxy) is 2. The Morgan fingerprint density at radius 2 is 1.67 bits per heavy atom. The molecular formula is C30H40FNO4. The van der Waals surface area contributed by atoms with E-state index in [-0.39, 0.29) is 11.0 Å². The molecular weight excluding hydrogens is 457 g/mol. The summed E-state index contributed by atoms with van der Waals surface area (Å²) in [5.41, 5.74) is 0.623. The van der Waals surface area contributed by atoms with Crippen molar-refractivity contribution >= 4 is 11.9 Å². The molecule has 36 heavy (non-hydrogen) atoms. The molecule has 1 aromatic rings. The standard InChI is InChI=1S/C30H40FNO4/c1-29(2,3)36-28(34)25-5-4-8-32(25)27(33)23-12-22(21-6-7-21)26(13-24(23)31)35-17-30-14-18-9-19(15-30)11-20(10-18)16-30/h12-13,18-21,25H,4-11,14-17H2,1-3H3. The summed E-state index contributed by atoms with van der Waals surface area (Å²) in [5.74, 6) is 2.09. The molecule has 0 N–H and O–H groups in total. The van der Waals surface area contributed by atoms with Gasteiger partial charge in [-0.1, -0.05) is 0 Å². The number of carbonyl (C=O) groups excluding carboxylic acids is 2. The monoisotopic (exact) mass is 497 g/mol. The number of rotatable bonds is 6. The summed E-state index contributed by atoms with van der Waals surface area (Å²) >= 11 is 0. The van der Waals surface area contributed by atoms with E-state index in [1.54, 1.807) is 6.07 Å². The third-order valence-electron chi connectivity index (χ3n) is 9.24. The summed E-state index contributed by atoms with van der Waals surface area (Å²) in [5, 5.41) is 0. The summed E-state index contributed by atoms with van der Waals surface area (Å²) in [6, 6.07) is 2.50. The number of hydrogen-bond donors (Lipinski definition) is 0. The van der Waals surface area contributed by atoms with Gasteiger partial charge in [0.05, 0.1) is 12.2 Å². The Morgan fingerprint density at radius 3 is 2.25 bits per heavy atom. The lowest BCUT2D eigenvalue weighted by Gasteiger charge is -2.56. The van der Waals surface area contributed by atoms with Crippen LogP contribution in [0.4, 0.5) is 4.39 Å². The predicted molar refractivity (Wildman–Crippen MR) is 134 cm³/mol. The molecule has 1 aliphatic heterocycles. The summed E-state index contributed by atoms with van der Waals surface area (Å²) < 4.78 is 27.4. The minimum absolute atomic E-state index is 0.0505. The first-order valence-electron chi connectivity index (χ1n) is 14.1. The van der Waals surface area contributed by atoms with E-state index in [0.717, 1.165) is 36.2 Å². The minimum atomic E-state index is -0.660. The van der Waals surface area contributed by atoms with Gasteiger partial charge in [-0.05, 0) is 120 Å². The lowest BCUT2D eigenvalue weighted by Crippen LogP contribution is -2.48. The van der Waals surface area contributed by atoms with Gasteiger partial charge in [-0.15, -0.1) is 0 Å². The van der Waals surface area contributed by atoms with Crippen LogP contribution >= 0.6 is 0 Å². The molecule has 1 saturated heterocycles. The number of benzene rings is 1. The molecule has 4 bridgehead atoms. The van der Waals surface area contributed by atoms with Gasteiger partial charge in [0, 0.05) is 18.0 Å². The van der Waals surface area contributed by atoms with Gasteiger partial charge in [0.25, 0.3) is 5.91 Å². The molecule has 1 heterocycles. The fourth-order valence-corrected chi connectivity index (χ4v) is 8.05. The van der Waals surface area contributed by atoms with Crippen molar-refractivity contribution < 1.29 is 23.5 Å². The Balaban J connectivity index is 1.21. The Labute approximate surface area is 214 Å². The maximum Gasteiger partial charge on any atom is 0.329 e. The van der Waals surface area contributed by atoms with E-state index < -0.39 is 29.3 Å². The van der Waals surface area contributed by atoms with Crippen LogP contribution in [-0.2, 0) is 9.53 Å². The topological polar surface area (TPSA) is 55.8 Å². The molecule has 6 fully saturated rings. The van der Waals surface area contributed by atoms with Crippen LogP contribution in [0.1, 0.15) is 107 Å². The molecule has 5 nitrogen and oxygen atoms in total. The van der Waals surface area contributed by atoms with E-state index >= 15 is 4.39 Å². The number of carbonyl (C=O) groups is 2. The molecule has 1 amide bonds. The first-order valence-corrected chi connectivity index (χ1v) is 14.1. The third-order valence-corrected chi connectivity index (χ3v) is 9.24. The van der Waals surface area contributed by atoms with E-state index in [0.29, 0.717) is 37.7 Å². The molecule has 1 atom stereocenters. The predicted octanol–water partition coefficient (Wildman–Crippen LogP) is 6.24. The Hall–Kier alpha value is -2.11. The summed E-state index contributed by atoms with van der Waals surface area (Å²) in [6.07, 6.45) is 11.2. The second kappa shape index (κ2) is 8.73. The van der Waals surface area contributed by atoms with Crippen LogP contribution in [0.3, 0.4) is 0 Å². The third kappa shape index (κ3) is 4.65. The smallest absolute Gasteiger partial charge is 0.329 e. The largest absolute Gasteiger partial charge is 0.493 e. The number of esters is 1. The number of halogens is 1. The number of amides is 1. The van der Waals surface area contributed by atoms with Crippen molar-refractivity contribution in [2.45, 2.75) is 103 Å². The zero-order valence-electron chi connectivity index (χ0n) is 22.0. The van der Waals surface area contributed by atoms with Crippen LogP contribution in [0.25, 0.3) is 0 Å². The van der Waals surface area contributed by atoms with Crippen molar-refractivity contribution in [2.24, 2.45) is 23.2 Å². The molecule has 6 aliphatic rings. The Kier molecular flexibility index (Phi) is 5.88. The van der Waals surface area contributed by atoms with Gasteiger partial charge >= 0.3 is 5.97 Å². The molecule has 7 rings (SSSR count). The second-order valence-electron chi connectivity index (χ2n) is 13.5. The maximum absolute atomic E-state index is 15.5. The highest BCUT2D eigenvalue weighted by molar-refractivity contribution is 5.98. The fourth-order valence-electron chi connectivity index (χ4n) is 8.05. The van der Waals surface area contributed by atoms with Crippen molar-refractivity contribution in [3.8, 4) is 5.75 Å². The molecule has 5 aliphatic carbocycles. The molecule has 6 heteroatoms. The van der Waals surface area contributed by atoms with Crippen LogP contribution in [0, 0.1) is 29.0 Å². The Morgan fingerprint density at radius 1 is 1.03 bits per heavy atom. The molecule has 1 unspecified atom stereocenters. The Bertz CT molecular complexity index is 1020. The van der Waals surface area contributed by atoms with Crippen molar-refractivity contribution in [3.63, 3.8) is 0 Å². The zero-order chi connectivity index (χ0) is 25.2. The molecule has 1 aromatic carbocycles. The molecule has 0 radical (unpaired) electrons. The highest BCUT2D eigenvalue weighted by atomic mass is 19.1. The summed E-state index contributed by atoms with van der Waals surface area (Å²) in [4.78, 5) is 27.7. The highest BCUT2D eigenvalue weighted by Gasteiger charge is 2.51. The number of nitrogens with zero attached hydrogens (tertiary/aromatic N) is 1. The normalized spacial score (nSPS) is 33.2. The van der Waals surface area contributed by atoms with E-state index in [9.17, 15) is 9.59 Å². The number of hydrogen-bond acceptors (Lipinski definition) is 4. The van der Waals surface area contributed by atoms with E-state index in [1.807, 2.05) is 20.8 Å². The summed E-state index contributed by atoms with van der Waals surface area (Å²) in [6.45, 7) is 6.54. The van der Waals surface area contributed by atoms with Gasteiger partial charge in [0.2, 0.25) is 0 Å². The number of likely N-dealkylation sites (tertiary alicyclic amines) is 1. The van der Waals surface area contributed by atoms with Crippen molar-refractivity contribution in [3.05, 3.63) is 29.1 Å². The van der Waals surface area contributed by atoms with Gasteiger partial charge in [-0.2, -0.15) is 0 Å². The van der Waals surface area contributed by atoms with Gasteiger partial charge in [0.15, 0.2) is 0 Å². The first kappa shape index (κ1) is 24.2. The van der Waals surface area contributed by atoms with Crippen LogP contribution in [0.2, 0.25) is 0 Å². The van der Waals surface area contributed by atoms with Crippen molar-refractivity contribution in [1.29, 1.82) is 0 Å². The minimum Gasteiger partial charge on any atom is -0.493 e. The molecule has 196 valence electrons. The average molecular weight is 498 g/mol. The lowest BCUT2D eigenvalue weighted by atomic mass is 9.50. The maximum atomic E-state index is 15.5. The lowest BCUT2D eigenvalue weighted by molar-refractivity contribution is -0.159. The summed E-state index contributed by atoms with van der Waals surface area (Å²) in [7, 11) is 0. The van der Waals surface area contributed by atoms with Crippen LogP contribution in [0.5, 0.6) is 5.75 Å². The first-order chi connectivity index (χ1) is 17.1. The van der Waals surface area contributed by atoms with Crippen molar-refractivity contribution in [1.82, 2.24) is 4.90 Å². The van der Waals surface area contributed by atoms with Gasteiger partial charge in [-0.25, -0.2) is 9.18 Å².